The monoisotopic (exact) mass is 529 g/mol. The molecule has 37 heavy (non-hydrogen) atoms. The Morgan fingerprint density at radius 2 is 1.81 bits per heavy atom. The van der Waals surface area contributed by atoms with Gasteiger partial charge in [0.15, 0.2) is 5.11 Å². The summed E-state index contributed by atoms with van der Waals surface area (Å²) in [5, 5.41) is 7.68. The highest BCUT2D eigenvalue weighted by atomic mass is 35.5. The number of aryl methyl sites for hydroxylation is 2. The second-order valence-electron chi connectivity index (χ2n) is 9.32. The third-order valence-corrected chi connectivity index (χ3v) is 7.31. The lowest BCUT2D eigenvalue weighted by Gasteiger charge is -2.28. The molecule has 3 heterocycles. The number of nitrogens with one attached hydrogen (secondary N) is 2. The molecule has 2 atom stereocenters. The van der Waals surface area contributed by atoms with Crippen LogP contribution >= 0.6 is 23.8 Å². The zero-order valence-electron chi connectivity index (χ0n) is 21.1. The van der Waals surface area contributed by atoms with Crippen LogP contribution in [0, 0.1) is 20.8 Å². The average molecular weight is 530 g/mol. The van der Waals surface area contributed by atoms with Crippen LogP contribution in [0.15, 0.2) is 72.9 Å². The van der Waals surface area contributed by atoms with Gasteiger partial charge in [-0.05, 0) is 98.7 Å². The van der Waals surface area contributed by atoms with E-state index < -0.39 is 0 Å². The standard InChI is InChI=1S/C29H28ClN5OS/c1-17-8-9-21(30)16-26(17)34-18(2)15-24(19(34)3)28-27(25-7-5-6-14-31-25)33-29(37)35(28)23-12-10-22(11-13-23)32-20(4)36/h5-16,27-28H,1-4H3,(H,32,36)(H,33,37)/t27-,28+/m1/s1. The molecule has 0 unspecified atom stereocenters. The van der Waals surface area contributed by atoms with Crippen LogP contribution in [0.25, 0.3) is 5.69 Å². The van der Waals surface area contributed by atoms with E-state index in [-0.39, 0.29) is 18.0 Å². The SMILES string of the molecule is CC(=O)Nc1ccc(N2C(=S)N[C@H](c3ccccn3)[C@@H]2c2cc(C)n(-c3cc(Cl)ccc3C)c2C)cc1. The molecule has 188 valence electrons. The Hall–Kier alpha value is -3.68. The van der Waals surface area contributed by atoms with Crippen molar-refractivity contribution in [3.63, 3.8) is 0 Å². The van der Waals surface area contributed by atoms with Crippen molar-refractivity contribution < 1.29 is 4.79 Å². The van der Waals surface area contributed by atoms with Gasteiger partial charge in [0.25, 0.3) is 0 Å². The van der Waals surface area contributed by atoms with E-state index in [1.165, 1.54) is 6.92 Å². The highest BCUT2D eigenvalue weighted by molar-refractivity contribution is 7.80. The molecule has 1 aliphatic heterocycles. The van der Waals surface area contributed by atoms with E-state index in [2.05, 4.69) is 51.9 Å². The summed E-state index contributed by atoms with van der Waals surface area (Å²) in [5.74, 6) is -0.108. The van der Waals surface area contributed by atoms with Gasteiger partial charge in [-0.1, -0.05) is 23.7 Å². The van der Waals surface area contributed by atoms with Crippen LogP contribution in [-0.2, 0) is 4.79 Å². The van der Waals surface area contributed by atoms with Gasteiger partial charge in [-0.2, -0.15) is 0 Å². The molecular formula is C29H28ClN5OS. The molecular weight excluding hydrogens is 502 g/mol. The number of amides is 1. The summed E-state index contributed by atoms with van der Waals surface area (Å²) >= 11 is 12.3. The summed E-state index contributed by atoms with van der Waals surface area (Å²) in [5.41, 5.74) is 8.14. The number of nitrogens with zero attached hydrogens (tertiary/aromatic N) is 3. The summed E-state index contributed by atoms with van der Waals surface area (Å²) in [6.45, 7) is 7.84. The minimum Gasteiger partial charge on any atom is -0.351 e. The lowest BCUT2D eigenvalue weighted by Crippen LogP contribution is -2.29. The van der Waals surface area contributed by atoms with E-state index in [1.54, 1.807) is 6.20 Å². The molecule has 8 heteroatoms. The maximum Gasteiger partial charge on any atom is 0.221 e. The van der Waals surface area contributed by atoms with Crippen LogP contribution in [0.4, 0.5) is 11.4 Å². The van der Waals surface area contributed by atoms with Crippen molar-refractivity contribution in [2.75, 3.05) is 10.2 Å². The zero-order chi connectivity index (χ0) is 26.3. The number of hydrogen-bond acceptors (Lipinski definition) is 3. The first-order chi connectivity index (χ1) is 17.7. The van der Waals surface area contributed by atoms with Gasteiger partial charge in [0, 0.05) is 46.6 Å². The second kappa shape index (κ2) is 10.00. The van der Waals surface area contributed by atoms with Crippen molar-refractivity contribution in [2.24, 2.45) is 0 Å². The Morgan fingerprint density at radius 1 is 1.05 bits per heavy atom. The van der Waals surface area contributed by atoms with Gasteiger partial charge in [0.2, 0.25) is 5.91 Å². The zero-order valence-corrected chi connectivity index (χ0v) is 22.7. The number of carbonyl (C=O) groups excluding carboxylic acids is 1. The topological polar surface area (TPSA) is 62.2 Å². The predicted molar refractivity (Wildman–Crippen MR) is 154 cm³/mol. The van der Waals surface area contributed by atoms with Crippen LogP contribution in [-0.4, -0.2) is 20.6 Å². The Balaban J connectivity index is 1.65. The van der Waals surface area contributed by atoms with Gasteiger partial charge in [-0.25, -0.2) is 0 Å². The molecule has 1 aliphatic rings. The Bertz CT molecular complexity index is 1480. The van der Waals surface area contributed by atoms with Crippen LogP contribution in [0.3, 0.4) is 0 Å². The third kappa shape index (κ3) is 4.72. The number of pyridine rings is 1. The van der Waals surface area contributed by atoms with Gasteiger partial charge in [-0.3, -0.25) is 9.78 Å². The van der Waals surface area contributed by atoms with Crippen molar-refractivity contribution >= 4 is 46.2 Å². The molecule has 5 rings (SSSR count). The molecule has 2 aromatic carbocycles. The van der Waals surface area contributed by atoms with Crippen molar-refractivity contribution in [3.05, 3.63) is 106 Å². The van der Waals surface area contributed by atoms with Gasteiger partial charge in [0.1, 0.15) is 0 Å². The number of thiocarbonyl (C=S) groups is 1. The van der Waals surface area contributed by atoms with E-state index in [1.807, 2.05) is 60.7 Å². The number of benzene rings is 2. The fourth-order valence-electron chi connectivity index (χ4n) is 5.14. The second-order valence-corrected chi connectivity index (χ2v) is 10.1. The smallest absolute Gasteiger partial charge is 0.221 e. The largest absolute Gasteiger partial charge is 0.351 e. The molecule has 2 N–H and O–H groups in total. The summed E-state index contributed by atoms with van der Waals surface area (Å²) in [6.07, 6.45) is 1.81. The molecule has 1 fully saturated rings. The summed E-state index contributed by atoms with van der Waals surface area (Å²) in [4.78, 5) is 18.3. The molecule has 1 saturated heterocycles. The quantitative estimate of drug-likeness (QED) is 0.286. The van der Waals surface area contributed by atoms with Crippen molar-refractivity contribution in [3.8, 4) is 5.69 Å². The fourth-order valence-corrected chi connectivity index (χ4v) is 5.65. The first-order valence-corrected chi connectivity index (χ1v) is 12.9. The van der Waals surface area contributed by atoms with Crippen molar-refractivity contribution in [1.29, 1.82) is 0 Å². The van der Waals surface area contributed by atoms with Gasteiger partial charge in [-0.15, -0.1) is 0 Å². The van der Waals surface area contributed by atoms with E-state index in [9.17, 15) is 4.79 Å². The molecule has 0 radical (unpaired) electrons. The molecule has 0 aliphatic carbocycles. The van der Waals surface area contributed by atoms with Crippen LogP contribution in [0.1, 0.15) is 47.2 Å². The van der Waals surface area contributed by atoms with Gasteiger partial charge in [0.05, 0.1) is 17.8 Å². The fraction of sp³-hybridized carbons (Fsp3) is 0.207. The molecule has 0 spiro atoms. The van der Waals surface area contributed by atoms with Crippen LogP contribution in [0.2, 0.25) is 5.02 Å². The lowest BCUT2D eigenvalue weighted by atomic mass is 9.96. The van der Waals surface area contributed by atoms with Gasteiger partial charge < -0.3 is 20.1 Å². The summed E-state index contributed by atoms with van der Waals surface area (Å²) in [7, 11) is 0. The number of rotatable bonds is 5. The minimum atomic E-state index is -0.155. The van der Waals surface area contributed by atoms with Crippen molar-refractivity contribution in [1.82, 2.24) is 14.9 Å². The lowest BCUT2D eigenvalue weighted by molar-refractivity contribution is -0.114. The molecule has 1 amide bonds. The average Bonchev–Trinajstić information content (AvgIpc) is 3.36. The molecule has 0 bridgehead atoms. The van der Waals surface area contributed by atoms with Crippen LogP contribution < -0.4 is 15.5 Å². The number of anilines is 2. The Morgan fingerprint density at radius 3 is 2.49 bits per heavy atom. The van der Waals surface area contributed by atoms with Crippen LogP contribution in [0.5, 0.6) is 0 Å². The minimum absolute atomic E-state index is 0.108. The third-order valence-electron chi connectivity index (χ3n) is 6.76. The highest BCUT2D eigenvalue weighted by Gasteiger charge is 2.42. The van der Waals surface area contributed by atoms with Crippen molar-refractivity contribution in [2.45, 2.75) is 39.8 Å². The maximum atomic E-state index is 11.5. The Labute approximate surface area is 227 Å². The first kappa shape index (κ1) is 25.0. The van der Waals surface area contributed by atoms with E-state index in [0.29, 0.717) is 10.1 Å². The number of hydrogen-bond donors (Lipinski definition) is 2. The number of aromatic nitrogens is 2. The molecule has 6 nitrogen and oxygen atoms in total. The first-order valence-electron chi connectivity index (χ1n) is 12.1. The van der Waals surface area contributed by atoms with Gasteiger partial charge >= 0.3 is 0 Å². The predicted octanol–water partition coefficient (Wildman–Crippen LogP) is 6.59. The normalized spacial score (nSPS) is 17.1. The summed E-state index contributed by atoms with van der Waals surface area (Å²) in [6, 6.07) is 21.6. The van der Waals surface area contributed by atoms with E-state index >= 15 is 0 Å². The maximum absolute atomic E-state index is 11.5. The Kier molecular flexibility index (Phi) is 6.75. The van der Waals surface area contributed by atoms with E-state index in [4.69, 9.17) is 23.8 Å². The van der Waals surface area contributed by atoms with E-state index in [0.717, 1.165) is 45.3 Å². The summed E-state index contributed by atoms with van der Waals surface area (Å²) < 4.78 is 2.26. The highest BCUT2D eigenvalue weighted by Crippen LogP contribution is 2.44. The number of carbonyl (C=O) groups is 1. The number of halogens is 1. The molecule has 2 aromatic heterocycles. The molecule has 0 saturated carbocycles. The molecule has 4 aromatic rings.